The van der Waals surface area contributed by atoms with E-state index in [0.29, 0.717) is 30.0 Å². The van der Waals surface area contributed by atoms with E-state index in [-0.39, 0.29) is 25.5 Å². The molecule has 0 saturated carbocycles. The first-order valence-electron chi connectivity index (χ1n) is 7.67. The first-order valence-corrected chi connectivity index (χ1v) is 7.67. The number of ether oxygens (including phenoxy) is 3. The van der Waals surface area contributed by atoms with Gasteiger partial charge in [-0.3, -0.25) is 9.59 Å². The number of hydrogen-bond acceptors (Lipinski definition) is 5. The summed E-state index contributed by atoms with van der Waals surface area (Å²) in [5, 5.41) is 9.49. The van der Waals surface area contributed by atoms with Crippen LogP contribution in [0.3, 0.4) is 0 Å². The largest absolute Gasteiger partial charge is 0.496 e. The molecule has 1 amide bonds. The van der Waals surface area contributed by atoms with Crippen LogP contribution in [0.15, 0.2) is 18.2 Å². The van der Waals surface area contributed by atoms with E-state index < -0.39 is 11.4 Å². The molecule has 0 bridgehead atoms. The molecule has 1 fully saturated rings. The number of carboxylic acid groups (broad SMARTS) is 1. The van der Waals surface area contributed by atoms with Crippen LogP contribution in [0.1, 0.15) is 12.0 Å². The molecule has 1 saturated heterocycles. The lowest BCUT2D eigenvalue weighted by Gasteiger charge is -2.24. The van der Waals surface area contributed by atoms with Crippen molar-refractivity contribution in [1.82, 2.24) is 4.90 Å². The Morgan fingerprint density at radius 3 is 2.33 bits per heavy atom. The smallest absolute Gasteiger partial charge is 0.313 e. The predicted octanol–water partition coefficient (Wildman–Crippen LogP) is 1.20. The van der Waals surface area contributed by atoms with Crippen molar-refractivity contribution in [2.75, 3.05) is 41.0 Å². The Hall–Kier alpha value is -2.28. The maximum Gasteiger partial charge on any atom is 0.313 e. The second kappa shape index (κ2) is 7.53. The Kier molecular flexibility index (Phi) is 5.66. The molecule has 1 atom stereocenters. The number of amides is 1. The molecule has 0 aromatic heterocycles. The van der Waals surface area contributed by atoms with Gasteiger partial charge in [-0.1, -0.05) is 6.07 Å². The predicted molar refractivity (Wildman–Crippen MR) is 86.4 cm³/mol. The average Bonchev–Trinajstić information content (AvgIpc) is 3.01. The number of benzene rings is 1. The normalized spacial score (nSPS) is 20.0. The van der Waals surface area contributed by atoms with Crippen molar-refractivity contribution < 1.29 is 28.9 Å². The summed E-state index contributed by atoms with van der Waals surface area (Å²) in [6.07, 6.45) is 0.473. The van der Waals surface area contributed by atoms with Crippen LogP contribution in [0.25, 0.3) is 0 Å². The molecule has 7 heteroatoms. The number of rotatable bonds is 7. The lowest BCUT2D eigenvalue weighted by molar-refractivity contribution is -0.151. The van der Waals surface area contributed by atoms with Gasteiger partial charge in [-0.15, -0.1) is 0 Å². The molecule has 1 aromatic rings. The topological polar surface area (TPSA) is 85.3 Å². The molecule has 1 aliphatic rings. The number of carbonyl (C=O) groups is 2. The summed E-state index contributed by atoms with van der Waals surface area (Å²) in [5.41, 5.74) is -0.373. The number of hydrogen-bond donors (Lipinski definition) is 1. The number of carbonyl (C=O) groups excluding carboxylic acids is 1. The molecule has 0 spiro atoms. The second-order valence-corrected chi connectivity index (χ2v) is 5.90. The molecule has 1 heterocycles. The minimum Gasteiger partial charge on any atom is -0.496 e. The fraction of sp³-hybridized carbons (Fsp3) is 0.529. The maximum atomic E-state index is 12.6. The third-order valence-electron chi connectivity index (χ3n) is 4.44. The Bertz CT molecular complexity index is 595. The van der Waals surface area contributed by atoms with Gasteiger partial charge in [0.1, 0.15) is 16.9 Å². The van der Waals surface area contributed by atoms with Gasteiger partial charge in [0.25, 0.3) is 0 Å². The molecule has 132 valence electrons. The Morgan fingerprint density at radius 1 is 1.21 bits per heavy atom. The quantitative estimate of drug-likeness (QED) is 0.805. The van der Waals surface area contributed by atoms with E-state index in [9.17, 15) is 14.7 Å². The van der Waals surface area contributed by atoms with Gasteiger partial charge in [0, 0.05) is 25.8 Å². The summed E-state index contributed by atoms with van der Waals surface area (Å²) in [7, 11) is 4.54. The molecule has 1 aliphatic heterocycles. The molecular formula is C17H23NO6. The maximum absolute atomic E-state index is 12.6. The molecule has 1 unspecified atom stereocenters. The first kappa shape index (κ1) is 18.1. The van der Waals surface area contributed by atoms with E-state index in [1.165, 1.54) is 21.3 Å². The van der Waals surface area contributed by atoms with Gasteiger partial charge in [0.2, 0.25) is 5.91 Å². The van der Waals surface area contributed by atoms with Gasteiger partial charge in [-0.2, -0.15) is 0 Å². The molecule has 24 heavy (non-hydrogen) atoms. The monoisotopic (exact) mass is 337 g/mol. The summed E-state index contributed by atoms with van der Waals surface area (Å²) >= 11 is 0. The highest BCUT2D eigenvalue weighted by Crippen LogP contribution is 2.33. The highest BCUT2D eigenvalue weighted by Gasteiger charge is 2.46. The van der Waals surface area contributed by atoms with Crippen LogP contribution in [-0.2, 0) is 20.7 Å². The molecule has 1 aromatic carbocycles. The van der Waals surface area contributed by atoms with Crippen LogP contribution in [0, 0.1) is 5.41 Å². The second-order valence-electron chi connectivity index (χ2n) is 5.90. The van der Waals surface area contributed by atoms with E-state index in [2.05, 4.69) is 0 Å². The van der Waals surface area contributed by atoms with Crippen LogP contribution in [0.4, 0.5) is 0 Å². The van der Waals surface area contributed by atoms with Crippen LogP contribution in [-0.4, -0.2) is 62.9 Å². The average molecular weight is 337 g/mol. The first-order chi connectivity index (χ1) is 11.5. The van der Waals surface area contributed by atoms with Crippen molar-refractivity contribution in [3.63, 3.8) is 0 Å². The third-order valence-corrected chi connectivity index (χ3v) is 4.44. The fourth-order valence-electron chi connectivity index (χ4n) is 3.08. The number of likely N-dealkylation sites (tertiary alicyclic amines) is 1. The SMILES string of the molecule is COCC1(C(=O)O)CCN(C(=O)Cc2c(OC)cccc2OC)C1. The van der Waals surface area contributed by atoms with Crippen molar-refractivity contribution in [2.24, 2.45) is 5.41 Å². The van der Waals surface area contributed by atoms with Crippen LogP contribution < -0.4 is 9.47 Å². The summed E-state index contributed by atoms with van der Waals surface area (Å²) in [4.78, 5) is 25.8. The molecule has 1 N–H and O–H groups in total. The minimum atomic E-state index is -1.03. The van der Waals surface area contributed by atoms with Crippen molar-refractivity contribution in [1.29, 1.82) is 0 Å². The van der Waals surface area contributed by atoms with Crippen LogP contribution in [0.5, 0.6) is 11.5 Å². The third kappa shape index (κ3) is 3.46. The Morgan fingerprint density at radius 2 is 1.83 bits per heavy atom. The van der Waals surface area contributed by atoms with Gasteiger partial charge in [0.15, 0.2) is 0 Å². The molecule has 0 aliphatic carbocycles. The van der Waals surface area contributed by atoms with Crippen LogP contribution >= 0.6 is 0 Å². The number of carboxylic acids is 1. The highest BCUT2D eigenvalue weighted by molar-refractivity contribution is 5.83. The molecule has 0 radical (unpaired) electrons. The number of nitrogens with zero attached hydrogens (tertiary/aromatic N) is 1. The van der Waals surface area contributed by atoms with Gasteiger partial charge in [0.05, 0.1) is 27.2 Å². The van der Waals surface area contributed by atoms with Crippen LogP contribution in [0.2, 0.25) is 0 Å². The highest BCUT2D eigenvalue weighted by atomic mass is 16.5. The van der Waals surface area contributed by atoms with Gasteiger partial charge >= 0.3 is 5.97 Å². The summed E-state index contributed by atoms with van der Waals surface area (Å²) in [5.74, 6) is 0.0538. The van der Waals surface area contributed by atoms with E-state index in [4.69, 9.17) is 14.2 Å². The zero-order chi connectivity index (χ0) is 17.7. The number of aliphatic carboxylic acids is 1. The van der Waals surface area contributed by atoms with Crippen molar-refractivity contribution >= 4 is 11.9 Å². The summed E-state index contributed by atoms with van der Waals surface area (Å²) < 4.78 is 15.7. The van der Waals surface area contributed by atoms with Crippen molar-refractivity contribution in [3.05, 3.63) is 23.8 Å². The lowest BCUT2D eigenvalue weighted by atomic mass is 9.88. The van der Waals surface area contributed by atoms with E-state index >= 15 is 0 Å². The lowest BCUT2D eigenvalue weighted by Crippen LogP contribution is -2.40. The zero-order valence-electron chi connectivity index (χ0n) is 14.2. The molecular weight excluding hydrogens is 314 g/mol. The standard InChI is InChI=1S/C17H23NO6/c1-22-11-17(16(20)21)7-8-18(10-17)15(19)9-12-13(23-2)5-4-6-14(12)24-3/h4-6H,7-11H2,1-3H3,(H,20,21). The molecule has 2 rings (SSSR count). The number of methoxy groups -OCH3 is 3. The van der Waals surface area contributed by atoms with E-state index in [1.807, 2.05) is 0 Å². The van der Waals surface area contributed by atoms with Gasteiger partial charge < -0.3 is 24.2 Å². The van der Waals surface area contributed by atoms with Crippen molar-refractivity contribution in [3.8, 4) is 11.5 Å². The fourth-order valence-corrected chi connectivity index (χ4v) is 3.08. The van der Waals surface area contributed by atoms with E-state index in [1.54, 1.807) is 23.1 Å². The summed E-state index contributed by atoms with van der Waals surface area (Å²) in [6.45, 7) is 0.628. The van der Waals surface area contributed by atoms with Gasteiger partial charge in [-0.25, -0.2) is 0 Å². The molecule has 7 nitrogen and oxygen atoms in total. The van der Waals surface area contributed by atoms with Gasteiger partial charge in [-0.05, 0) is 18.6 Å². The zero-order valence-corrected chi connectivity index (χ0v) is 14.2. The minimum absolute atomic E-state index is 0.0874. The Balaban J connectivity index is 2.16. The Labute approximate surface area is 141 Å². The summed E-state index contributed by atoms with van der Waals surface area (Å²) in [6, 6.07) is 5.32. The van der Waals surface area contributed by atoms with E-state index in [0.717, 1.165) is 0 Å². The van der Waals surface area contributed by atoms with Crippen molar-refractivity contribution in [2.45, 2.75) is 12.8 Å².